The molecule has 0 bridgehead atoms. The van der Waals surface area contributed by atoms with Crippen LogP contribution in [0.3, 0.4) is 0 Å². The van der Waals surface area contributed by atoms with E-state index in [0.717, 1.165) is 76.8 Å². The predicted molar refractivity (Wildman–Crippen MR) is 216 cm³/mol. The number of piperidine rings is 1. The number of amides is 2. The van der Waals surface area contributed by atoms with E-state index >= 15 is 4.39 Å². The first-order valence-corrected chi connectivity index (χ1v) is 23.0. The Morgan fingerprint density at radius 2 is 1.54 bits per heavy atom. The lowest BCUT2D eigenvalue weighted by atomic mass is 9.68. The maximum Gasteiger partial charge on any atom is 0.238 e. The fourth-order valence-electron chi connectivity index (χ4n) is 11.7. The first-order chi connectivity index (χ1) is 27.2. The molecule has 3 saturated carbocycles. The number of carbonyl (C=O) groups excluding carboxylic acids is 2. The molecule has 5 unspecified atom stereocenters. The molecule has 9 nitrogen and oxygen atoms in total. The largest absolute Gasteiger partial charge is 0.349 e. The second-order valence-corrected chi connectivity index (χ2v) is 18.4. The normalized spacial score (nSPS) is 33.0. The van der Waals surface area contributed by atoms with E-state index in [-0.39, 0.29) is 60.2 Å². The minimum Gasteiger partial charge on any atom is -0.349 e. The smallest absolute Gasteiger partial charge is 0.238 e. The zero-order valence-corrected chi connectivity index (χ0v) is 34.5. The van der Waals surface area contributed by atoms with E-state index in [1.165, 1.54) is 83.1 Å². The Balaban J connectivity index is 1.11. The van der Waals surface area contributed by atoms with E-state index < -0.39 is 24.0 Å². The zero-order chi connectivity index (χ0) is 39.1. The van der Waals surface area contributed by atoms with Crippen molar-refractivity contribution in [1.29, 1.82) is 0 Å². The van der Waals surface area contributed by atoms with Crippen molar-refractivity contribution in [3.05, 3.63) is 35.4 Å². The monoisotopic (exact) mass is 783 g/mol. The first-order valence-electron chi connectivity index (χ1n) is 23.0. The van der Waals surface area contributed by atoms with Crippen LogP contribution in [0.5, 0.6) is 0 Å². The molecule has 4 N–H and O–H groups in total. The fourth-order valence-corrected chi connectivity index (χ4v) is 11.7. The van der Waals surface area contributed by atoms with Crippen molar-refractivity contribution in [2.45, 2.75) is 216 Å². The number of hydrogen-bond donors (Lipinski definition) is 4. The molecule has 8 atom stereocenters. The Labute approximate surface area is 335 Å². The fraction of sp³-hybridized carbons (Fsp3) is 0.822. The van der Waals surface area contributed by atoms with E-state index in [9.17, 15) is 14.0 Å². The van der Waals surface area contributed by atoms with Crippen LogP contribution in [0, 0.1) is 17.6 Å². The van der Waals surface area contributed by atoms with Crippen molar-refractivity contribution in [1.82, 2.24) is 31.1 Å². The van der Waals surface area contributed by atoms with Crippen LogP contribution >= 0.6 is 0 Å². The molecule has 11 heteroatoms. The van der Waals surface area contributed by atoms with Crippen molar-refractivity contribution in [2.24, 2.45) is 5.92 Å². The van der Waals surface area contributed by atoms with E-state index in [2.05, 4.69) is 33.1 Å². The summed E-state index contributed by atoms with van der Waals surface area (Å²) in [6, 6.07) is 3.08. The van der Waals surface area contributed by atoms with Gasteiger partial charge in [0.05, 0.1) is 36.3 Å². The van der Waals surface area contributed by atoms with Crippen LogP contribution in [-0.4, -0.2) is 83.0 Å². The molecule has 1 aromatic carbocycles. The van der Waals surface area contributed by atoms with Gasteiger partial charge < -0.3 is 15.0 Å². The Bertz CT molecular complexity index is 1430. The summed E-state index contributed by atoms with van der Waals surface area (Å²) >= 11 is 0. The number of likely N-dealkylation sites (tertiary alicyclic amines) is 1. The van der Waals surface area contributed by atoms with E-state index in [4.69, 9.17) is 4.74 Å². The molecule has 3 aliphatic carbocycles. The molecule has 56 heavy (non-hydrogen) atoms. The summed E-state index contributed by atoms with van der Waals surface area (Å²) in [6.45, 7) is 5.36. The summed E-state index contributed by atoms with van der Waals surface area (Å²) in [4.78, 5) is 33.1. The minimum atomic E-state index is -0.795. The molecule has 1 aromatic rings. The first kappa shape index (κ1) is 42.0. The van der Waals surface area contributed by atoms with Gasteiger partial charge in [0, 0.05) is 42.8 Å². The number of fused-ring (bicyclic) bond motifs is 1. The highest BCUT2D eigenvalue weighted by molar-refractivity contribution is 5.88. The molecule has 0 aromatic heterocycles. The van der Waals surface area contributed by atoms with E-state index in [1.54, 1.807) is 6.07 Å². The summed E-state index contributed by atoms with van der Waals surface area (Å²) in [5.41, 5.74) is 0.243. The van der Waals surface area contributed by atoms with Gasteiger partial charge >= 0.3 is 0 Å². The summed E-state index contributed by atoms with van der Waals surface area (Å²) in [5, 5.41) is 14.4. The van der Waals surface area contributed by atoms with Crippen LogP contribution in [0.4, 0.5) is 8.78 Å². The average molecular weight is 783 g/mol. The highest BCUT2D eigenvalue weighted by atomic mass is 19.1. The third-order valence-corrected chi connectivity index (χ3v) is 14.7. The Morgan fingerprint density at radius 3 is 2.23 bits per heavy atom. The van der Waals surface area contributed by atoms with E-state index in [1.807, 2.05) is 11.8 Å². The molecule has 6 fully saturated rings. The van der Waals surface area contributed by atoms with Crippen LogP contribution in [0.25, 0.3) is 0 Å². The van der Waals surface area contributed by atoms with Crippen LogP contribution in [0.15, 0.2) is 18.2 Å². The number of nitrogens with zero attached hydrogens (tertiary/aromatic N) is 2. The van der Waals surface area contributed by atoms with Crippen molar-refractivity contribution >= 4 is 11.8 Å². The maximum atomic E-state index is 15.5. The lowest BCUT2D eigenvalue weighted by Gasteiger charge is -2.44. The quantitative estimate of drug-likeness (QED) is 0.192. The molecule has 3 heterocycles. The van der Waals surface area contributed by atoms with Gasteiger partial charge in [-0.2, -0.15) is 0 Å². The molecule has 3 aliphatic heterocycles. The van der Waals surface area contributed by atoms with Gasteiger partial charge in [-0.15, -0.1) is 0 Å². The Hall–Kier alpha value is -2.18. The highest BCUT2D eigenvalue weighted by Gasteiger charge is 2.54. The third-order valence-electron chi connectivity index (χ3n) is 14.7. The lowest BCUT2D eigenvalue weighted by Crippen LogP contribution is -2.60. The third kappa shape index (κ3) is 9.81. The molecule has 7 rings (SSSR count). The molecule has 314 valence electrons. The van der Waals surface area contributed by atoms with Crippen LogP contribution in [0.2, 0.25) is 0 Å². The summed E-state index contributed by atoms with van der Waals surface area (Å²) in [7, 11) is 0. The molecular weight excluding hydrogens is 711 g/mol. The van der Waals surface area contributed by atoms with Gasteiger partial charge in [0.1, 0.15) is 11.6 Å². The molecule has 3 saturated heterocycles. The lowest BCUT2D eigenvalue weighted by molar-refractivity contribution is -0.141. The highest BCUT2D eigenvalue weighted by Crippen LogP contribution is 2.47. The molecular formula is C45H72F2N6O3. The molecule has 2 amide bonds. The minimum absolute atomic E-state index is 0.000649. The summed E-state index contributed by atoms with van der Waals surface area (Å²) in [5.74, 6) is -0.833. The van der Waals surface area contributed by atoms with Gasteiger partial charge in [0.2, 0.25) is 11.8 Å². The number of benzene rings is 1. The van der Waals surface area contributed by atoms with Crippen molar-refractivity contribution < 1.29 is 23.1 Å². The van der Waals surface area contributed by atoms with Crippen LogP contribution < -0.4 is 21.3 Å². The number of rotatable bonds is 10. The topological polar surface area (TPSA) is 98.0 Å². The van der Waals surface area contributed by atoms with E-state index in [0.29, 0.717) is 18.0 Å². The second kappa shape index (κ2) is 19.7. The number of hydrogen-bond acceptors (Lipinski definition) is 7. The number of ether oxygens (including phenoxy) is 1. The average Bonchev–Trinajstić information content (AvgIpc) is 3.80. The van der Waals surface area contributed by atoms with Crippen molar-refractivity contribution in [3.63, 3.8) is 0 Å². The standard InChI is InChI=1S/C45H72F2N6O3/c1-31-18-15-17-27-52(31)41(54)29-38(50-44-51-40-23-14-16-26-45(40,56-44)33-19-10-6-5-7-11-20-33)43(55)49-32(2)42-48-30-39(36-25-24-34(46)28-37(36)47)53(42)35-21-12-8-3-4-9-13-22-35/h24-25,28,31-33,35,38-40,42,44,48,50-51H,3-23,26-27,29-30H2,1-2H3,(H,49,55)/t31-,32-,38-,39?,40?,42?,44?,45?/m0/s1. The summed E-state index contributed by atoms with van der Waals surface area (Å²) in [6.07, 6.45) is 24.6. The second-order valence-electron chi connectivity index (χ2n) is 18.4. The van der Waals surface area contributed by atoms with Gasteiger partial charge in [0.25, 0.3) is 0 Å². The van der Waals surface area contributed by atoms with Gasteiger partial charge in [-0.25, -0.2) is 8.78 Å². The van der Waals surface area contributed by atoms with Crippen LogP contribution in [-0.2, 0) is 14.3 Å². The number of carbonyl (C=O) groups is 2. The molecule has 0 radical (unpaired) electrons. The van der Waals surface area contributed by atoms with Crippen molar-refractivity contribution in [3.8, 4) is 0 Å². The van der Waals surface area contributed by atoms with Crippen LogP contribution in [0.1, 0.15) is 173 Å². The van der Waals surface area contributed by atoms with Crippen molar-refractivity contribution in [2.75, 3.05) is 13.1 Å². The summed E-state index contributed by atoms with van der Waals surface area (Å²) < 4.78 is 36.7. The van der Waals surface area contributed by atoms with Gasteiger partial charge in [-0.1, -0.05) is 89.5 Å². The predicted octanol–water partition coefficient (Wildman–Crippen LogP) is 7.94. The SMILES string of the molecule is C[C@H](NC(=O)[C@H](CC(=O)N1CCCC[C@@H]1C)NC1NC2CCCCC2(C2CCCCCCC2)O1)C1NCC(c2ccc(F)cc2F)N1C1CCCCCCCC1. The zero-order valence-electron chi connectivity index (χ0n) is 34.5. The van der Waals surface area contributed by atoms with Gasteiger partial charge in [-0.05, 0) is 83.6 Å². The van der Waals surface area contributed by atoms with Gasteiger partial charge in [-0.3, -0.25) is 30.4 Å². The maximum absolute atomic E-state index is 15.5. The number of halogens is 2. The molecule has 0 spiro atoms. The van der Waals surface area contributed by atoms with Gasteiger partial charge in [0.15, 0.2) is 6.35 Å². The Morgan fingerprint density at radius 1 is 0.875 bits per heavy atom. The molecule has 6 aliphatic rings. The Kier molecular flexibility index (Phi) is 14.8. The number of nitrogens with one attached hydrogen (secondary N) is 4.